The number of benzene rings is 1. The number of carbonyl (C=O) groups excluding carboxylic acids is 2. The highest BCUT2D eigenvalue weighted by Crippen LogP contribution is 2.35. The number of carbonyl (C=O) groups is 2. The highest BCUT2D eigenvalue weighted by molar-refractivity contribution is 14.1. The van der Waals surface area contributed by atoms with Gasteiger partial charge in [-0.1, -0.05) is 23.1 Å². The maximum Gasteiger partial charge on any atom is 0.247 e. The molecule has 1 atom stereocenters. The first-order chi connectivity index (χ1) is 10.0. The van der Waals surface area contributed by atoms with Crippen LogP contribution in [-0.2, 0) is 9.59 Å². The van der Waals surface area contributed by atoms with Gasteiger partial charge in [-0.15, -0.1) is 10.2 Å². The largest absolute Gasteiger partial charge is 0.274 e. The molecule has 0 N–H and O–H groups in total. The Bertz CT molecular complexity index is 702. The quantitative estimate of drug-likeness (QED) is 0.553. The number of amides is 2. The lowest BCUT2D eigenvalue weighted by Crippen LogP contribution is -2.31. The van der Waals surface area contributed by atoms with Crippen LogP contribution in [0.25, 0.3) is 0 Å². The summed E-state index contributed by atoms with van der Waals surface area (Å²) in [6, 6.07) is 7.34. The minimum atomic E-state index is -0.413. The van der Waals surface area contributed by atoms with Crippen molar-refractivity contribution in [3.63, 3.8) is 0 Å². The Labute approximate surface area is 143 Å². The standard InChI is InChI=1S/C13H10IN3O2S2/c1-7-15-16-13(20-7)21-10-6-11(18)17(12(10)19)9-4-2-8(14)3-5-9/h2-5,10H,6H2,1H3. The van der Waals surface area contributed by atoms with E-state index in [0.717, 1.165) is 12.9 Å². The fourth-order valence-corrected chi connectivity index (χ4v) is 4.45. The molecule has 1 fully saturated rings. The van der Waals surface area contributed by atoms with Gasteiger partial charge in [-0.05, 0) is 53.8 Å². The summed E-state index contributed by atoms with van der Waals surface area (Å²) in [4.78, 5) is 25.8. The van der Waals surface area contributed by atoms with Crippen molar-refractivity contribution in [3.8, 4) is 0 Å². The van der Waals surface area contributed by atoms with E-state index < -0.39 is 5.25 Å². The molecule has 0 radical (unpaired) electrons. The predicted octanol–water partition coefficient (Wildman–Crippen LogP) is 2.88. The third-order valence-corrected chi connectivity index (χ3v) is 5.77. The molecule has 1 aromatic heterocycles. The van der Waals surface area contributed by atoms with Crippen LogP contribution in [0.2, 0.25) is 0 Å². The van der Waals surface area contributed by atoms with Crippen LogP contribution in [0, 0.1) is 10.5 Å². The molecule has 0 spiro atoms. The van der Waals surface area contributed by atoms with Crippen molar-refractivity contribution in [3.05, 3.63) is 32.8 Å². The van der Waals surface area contributed by atoms with Crippen LogP contribution in [0.15, 0.2) is 28.6 Å². The van der Waals surface area contributed by atoms with Crippen LogP contribution in [0.4, 0.5) is 5.69 Å². The van der Waals surface area contributed by atoms with Crippen LogP contribution >= 0.6 is 45.7 Å². The highest BCUT2D eigenvalue weighted by atomic mass is 127. The number of anilines is 1. The van der Waals surface area contributed by atoms with Crippen molar-refractivity contribution in [2.75, 3.05) is 4.90 Å². The van der Waals surface area contributed by atoms with Gasteiger partial charge in [0.1, 0.15) is 10.3 Å². The van der Waals surface area contributed by atoms with Gasteiger partial charge in [0.05, 0.1) is 5.69 Å². The summed E-state index contributed by atoms with van der Waals surface area (Å²) in [5, 5.41) is 8.36. The summed E-state index contributed by atoms with van der Waals surface area (Å²) in [5.74, 6) is -0.348. The first-order valence-electron chi connectivity index (χ1n) is 6.14. The van der Waals surface area contributed by atoms with E-state index in [1.807, 2.05) is 19.1 Å². The first-order valence-corrected chi connectivity index (χ1v) is 8.91. The molecule has 8 heteroatoms. The Morgan fingerprint density at radius 2 is 2.00 bits per heavy atom. The van der Waals surface area contributed by atoms with Gasteiger partial charge in [0, 0.05) is 9.99 Å². The molecule has 1 unspecified atom stereocenters. The smallest absolute Gasteiger partial charge is 0.247 e. The van der Waals surface area contributed by atoms with Crippen molar-refractivity contribution in [2.45, 2.75) is 22.9 Å². The molecule has 2 aromatic rings. The molecule has 1 aliphatic rings. The van der Waals surface area contributed by atoms with Crippen molar-refractivity contribution in [2.24, 2.45) is 0 Å². The molecule has 2 heterocycles. The van der Waals surface area contributed by atoms with Crippen LogP contribution in [0.3, 0.4) is 0 Å². The third-order valence-electron chi connectivity index (χ3n) is 2.94. The number of aryl methyl sites for hydroxylation is 1. The Morgan fingerprint density at radius 3 is 2.62 bits per heavy atom. The Kier molecular flexibility index (Phi) is 4.27. The summed E-state index contributed by atoms with van der Waals surface area (Å²) in [6.45, 7) is 1.86. The lowest BCUT2D eigenvalue weighted by molar-refractivity contribution is -0.121. The first kappa shape index (κ1) is 14.9. The average molecular weight is 431 g/mol. The third kappa shape index (κ3) is 3.11. The zero-order valence-electron chi connectivity index (χ0n) is 10.9. The molecule has 5 nitrogen and oxygen atoms in total. The van der Waals surface area contributed by atoms with E-state index in [0.29, 0.717) is 5.69 Å². The monoisotopic (exact) mass is 431 g/mol. The Balaban J connectivity index is 1.80. The number of imide groups is 1. The number of rotatable bonds is 3. The number of thioether (sulfide) groups is 1. The normalized spacial score (nSPS) is 18.6. The van der Waals surface area contributed by atoms with Crippen LogP contribution in [0.1, 0.15) is 11.4 Å². The maximum atomic E-state index is 12.5. The van der Waals surface area contributed by atoms with Crippen LogP contribution in [-0.4, -0.2) is 27.3 Å². The van der Waals surface area contributed by atoms with Gasteiger partial charge in [-0.3, -0.25) is 9.59 Å². The summed E-state index contributed by atoms with van der Waals surface area (Å²) in [7, 11) is 0. The van der Waals surface area contributed by atoms with Crippen molar-refractivity contribution >= 4 is 63.2 Å². The van der Waals surface area contributed by atoms with Crippen LogP contribution in [0.5, 0.6) is 0 Å². The fourth-order valence-electron chi connectivity index (χ4n) is 2.01. The van der Waals surface area contributed by atoms with E-state index in [2.05, 4.69) is 32.8 Å². The van der Waals surface area contributed by atoms with Gasteiger partial charge in [0.2, 0.25) is 11.8 Å². The molecule has 0 saturated carbocycles. The molecule has 1 aromatic carbocycles. The molecule has 2 amide bonds. The van der Waals surface area contributed by atoms with Gasteiger partial charge in [-0.25, -0.2) is 4.90 Å². The Morgan fingerprint density at radius 1 is 1.29 bits per heavy atom. The lowest BCUT2D eigenvalue weighted by atomic mass is 10.3. The molecular weight excluding hydrogens is 421 g/mol. The molecule has 1 saturated heterocycles. The number of hydrogen-bond donors (Lipinski definition) is 0. The zero-order chi connectivity index (χ0) is 15.0. The van der Waals surface area contributed by atoms with Crippen molar-refractivity contribution in [1.82, 2.24) is 10.2 Å². The van der Waals surface area contributed by atoms with Gasteiger partial charge < -0.3 is 0 Å². The second-order valence-electron chi connectivity index (χ2n) is 4.44. The topological polar surface area (TPSA) is 63.2 Å². The average Bonchev–Trinajstić information content (AvgIpc) is 2.96. The minimum absolute atomic E-state index is 0.167. The molecule has 1 aliphatic heterocycles. The van der Waals surface area contributed by atoms with Gasteiger partial charge in [0.15, 0.2) is 4.34 Å². The lowest BCUT2D eigenvalue weighted by Gasteiger charge is -2.14. The number of hydrogen-bond acceptors (Lipinski definition) is 6. The van der Waals surface area contributed by atoms with E-state index in [9.17, 15) is 9.59 Å². The van der Waals surface area contributed by atoms with Crippen LogP contribution < -0.4 is 4.90 Å². The molecular formula is C13H10IN3O2S2. The maximum absolute atomic E-state index is 12.5. The highest BCUT2D eigenvalue weighted by Gasteiger charge is 2.40. The number of halogens is 1. The second-order valence-corrected chi connectivity index (χ2v) is 8.32. The van der Waals surface area contributed by atoms with E-state index in [1.165, 1.54) is 28.0 Å². The van der Waals surface area contributed by atoms with Crippen molar-refractivity contribution < 1.29 is 9.59 Å². The molecule has 3 rings (SSSR count). The van der Waals surface area contributed by atoms with Gasteiger partial charge in [-0.2, -0.15) is 0 Å². The summed E-state index contributed by atoms with van der Waals surface area (Å²) < 4.78 is 1.79. The Hall–Kier alpha value is -1.00. The van der Waals surface area contributed by atoms with Gasteiger partial charge in [0.25, 0.3) is 0 Å². The predicted molar refractivity (Wildman–Crippen MR) is 90.6 cm³/mol. The van der Waals surface area contributed by atoms with Gasteiger partial charge >= 0.3 is 0 Å². The van der Waals surface area contributed by atoms with E-state index in [-0.39, 0.29) is 18.2 Å². The number of nitrogens with zero attached hydrogens (tertiary/aromatic N) is 3. The zero-order valence-corrected chi connectivity index (χ0v) is 14.7. The summed E-state index contributed by atoms with van der Waals surface area (Å²) in [5.41, 5.74) is 0.627. The summed E-state index contributed by atoms with van der Waals surface area (Å²) >= 11 is 4.94. The molecule has 0 bridgehead atoms. The number of aromatic nitrogens is 2. The fraction of sp³-hybridized carbons (Fsp3) is 0.231. The molecule has 21 heavy (non-hydrogen) atoms. The van der Waals surface area contributed by atoms with Crippen molar-refractivity contribution in [1.29, 1.82) is 0 Å². The SMILES string of the molecule is Cc1nnc(SC2CC(=O)N(c3ccc(I)cc3)C2=O)s1. The summed E-state index contributed by atoms with van der Waals surface area (Å²) in [6.07, 6.45) is 0.202. The van der Waals surface area contributed by atoms with E-state index in [4.69, 9.17) is 0 Å². The van der Waals surface area contributed by atoms with E-state index >= 15 is 0 Å². The minimum Gasteiger partial charge on any atom is -0.274 e. The second kappa shape index (κ2) is 6.01. The molecule has 108 valence electrons. The molecule has 0 aliphatic carbocycles. The van der Waals surface area contributed by atoms with E-state index in [1.54, 1.807) is 12.1 Å².